The molecule has 0 atom stereocenters. The summed E-state index contributed by atoms with van der Waals surface area (Å²) in [5.41, 5.74) is 1.54. The number of ether oxygens (including phenoxy) is 1. The Labute approximate surface area is 157 Å². The molecule has 0 aromatic heterocycles. The van der Waals surface area contributed by atoms with Crippen LogP contribution in [0.15, 0.2) is 78.9 Å². The van der Waals surface area contributed by atoms with Gasteiger partial charge in [0, 0.05) is 0 Å². The second kappa shape index (κ2) is 9.77. The Morgan fingerprint density at radius 1 is 0.852 bits per heavy atom. The van der Waals surface area contributed by atoms with E-state index in [-0.39, 0.29) is 22.6 Å². The summed E-state index contributed by atoms with van der Waals surface area (Å²) >= 11 is 0. The van der Waals surface area contributed by atoms with Crippen molar-refractivity contribution in [1.29, 1.82) is 0 Å². The van der Waals surface area contributed by atoms with Gasteiger partial charge in [-0.25, -0.2) is 9.59 Å². The highest BCUT2D eigenvalue weighted by atomic mass is 16.5. The quantitative estimate of drug-likeness (QED) is 0.524. The van der Waals surface area contributed by atoms with Crippen molar-refractivity contribution >= 4 is 11.9 Å². The SMILES string of the molecule is CCc1ccccc1.O=C(Oc1ccccc1C(=O)O)c1ccc(O)cc1. The van der Waals surface area contributed by atoms with Gasteiger partial charge in [0.2, 0.25) is 0 Å². The van der Waals surface area contributed by atoms with Crippen LogP contribution >= 0.6 is 0 Å². The Morgan fingerprint density at radius 3 is 2.00 bits per heavy atom. The minimum atomic E-state index is -1.17. The summed E-state index contributed by atoms with van der Waals surface area (Å²) in [5.74, 6) is -1.85. The number of para-hydroxylation sites is 1. The molecular weight excluding hydrogens is 344 g/mol. The number of hydrogen-bond acceptors (Lipinski definition) is 4. The van der Waals surface area contributed by atoms with E-state index in [4.69, 9.17) is 14.9 Å². The van der Waals surface area contributed by atoms with Crippen molar-refractivity contribution in [2.45, 2.75) is 13.3 Å². The number of carbonyl (C=O) groups excluding carboxylic acids is 1. The number of carboxylic acid groups (broad SMARTS) is 1. The summed E-state index contributed by atoms with van der Waals surface area (Å²) in [6.45, 7) is 2.16. The molecule has 0 saturated carbocycles. The van der Waals surface area contributed by atoms with Crippen LogP contribution in [0.4, 0.5) is 0 Å². The smallest absolute Gasteiger partial charge is 0.343 e. The molecule has 0 aliphatic heterocycles. The van der Waals surface area contributed by atoms with Crippen LogP contribution in [0.3, 0.4) is 0 Å². The van der Waals surface area contributed by atoms with E-state index in [1.54, 1.807) is 12.1 Å². The fourth-order valence-electron chi connectivity index (χ4n) is 2.20. The summed E-state index contributed by atoms with van der Waals surface area (Å²) in [6.07, 6.45) is 1.14. The van der Waals surface area contributed by atoms with E-state index in [0.29, 0.717) is 0 Å². The second-order valence-electron chi connectivity index (χ2n) is 5.58. The lowest BCUT2D eigenvalue weighted by Crippen LogP contribution is -2.11. The molecule has 5 nitrogen and oxygen atoms in total. The average molecular weight is 364 g/mol. The maximum absolute atomic E-state index is 11.8. The molecular formula is C22H20O5. The first-order valence-electron chi connectivity index (χ1n) is 8.38. The standard InChI is InChI=1S/C14H10O5.C8H10/c15-10-7-5-9(6-8-10)14(18)19-12-4-2-1-3-11(12)13(16)17;1-2-8-6-4-3-5-7-8/h1-8,15H,(H,16,17);3-7H,2H2,1H3. The molecule has 0 fully saturated rings. The third kappa shape index (κ3) is 6.01. The zero-order valence-corrected chi connectivity index (χ0v) is 14.8. The van der Waals surface area contributed by atoms with Crippen LogP contribution < -0.4 is 4.74 Å². The van der Waals surface area contributed by atoms with Gasteiger partial charge in [-0.3, -0.25) is 0 Å². The molecule has 0 aliphatic rings. The number of esters is 1. The molecule has 3 rings (SSSR count). The number of carboxylic acids is 1. The van der Waals surface area contributed by atoms with Crippen molar-refractivity contribution in [2.75, 3.05) is 0 Å². The molecule has 0 unspecified atom stereocenters. The monoisotopic (exact) mass is 364 g/mol. The number of rotatable bonds is 4. The van der Waals surface area contributed by atoms with Crippen molar-refractivity contribution in [3.63, 3.8) is 0 Å². The summed E-state index contributed by atoms with van der Waals surface area (Å²) < 4.78 is 5.03. The molecule has 0 aliphatic carbocycles. The first kappa shape index (κ1) is 19.7. The number of carbonyl (C=O) groups is 2. The van der Waals surface area contributed by atoms with Crippen molar-refractivity contribution in [3.05, 3.63) is 95.6 Å². The molecule has 0 saturated heterocycles. The Balaban J connectivity index is 0.000000273. The van der Waals surface area contributed by atoms with Gasteiger partial charge < -0.3 is 14.9 Å². The van der Waals surface area contributed by atoms with Crippen LogP contribution in [-0.4, -0.2) is 22.2 Å². The van der Waals surface area contributed by atoms with Gasteiger partial charge in [-0.2, -0.15) is 0 Å². The Hall–Kier alpha value is -3.60. The highest BCUT2D eigenvalue weighted by molar-refractivity contribution is 5.95. The van der Waals surface area contributed by atoms with E-state index in [9.17, 15) is 9.59 Å². The van der Waals surface area contributed by atoms with Crippen molar-refractivity contribution in [1.82, 2.24) is 0 Å². The van der Waals surface area contributed by atoms with E-state index in [2.05, 4.69) is 31.2 Å². The summed E-state index contributed by atoms with van der Waals surface area (Å²) in [5, 5.41) is 18.1. The number of aromatic hydroxyl groups is 1. The molecule has 2 N–H and O–H groups in total. The normalized spacial score (nSPS) is 9.67. The van der Waals surface area contributed by atoms with Crippen LogP contribution in [0.25, 0.3) is 0 Å². The minimum Gasteiger partial charge on any atom is -0.508 e. The second-order valence-corrected chi connectivity index (χ2v) is 5.58. The van der Waals surface area contributed by atoms with Gasteiger partial charge in [-0.15, -0.1) is 0 Å². The Kier molecular flexibility index (Phi) is 7.14. The molecule has 5 heteroatoms. The number of hydrogen-bond donors (Lipinski definition) is 2. The summed E-state index contributed by atoms with van der Waals surface area (Å²) in [4.78, 5) is 22.8. The fraction of sp³-hybridized carbons (Fsp3) is 0.0909. The molecule has 3 aromatic rings. The molecule has 0 amide bonds. The van der Waals surface area contributed by atoms with Gasteiger partial charge in [0.15, 0.2) is 0 Å². The lowest BCUT2D eigenvalue weighted by molar-refractivity contribution is 0.0681. The molecule has 0 bridgehead atoms. The van der Waals surface area contributed by atoms with Crippen molar-refractivity contribution in [3.8, 4) is 11.5 Å². The number of benzene rings is 3. The summed E-state index contributed by atoms with van der Waals surface area (Å²) in [6, 6.07) is 21.8. The Bertz CT molecular complexity index is 886. The Morgan fingerprint density at radius 2 is 1.44 bits per heavy atom. The van der Waals surface area contributed by atoms with Gasteiger partial charge in [0.25, 0.3) is 0 Å². The summed E-state index contributed by atoms with van der Waals surface area (Å²) in [7, 11) is 0. The van der Waals surface area contributed by atoms with Gasteiger partial charge in [0.1, 0.15) is 17.1 Å². The largest absolute Gasteiger partial charge is 0.508 e. The van der Waals surface area contributed by atoms with Crippen LogP contribution in [0, 0.1) is 0 Å². The molecule has 0 heterocycles. The molecule has 3 aromatic carbocycles. The van der Waals surface area contributed by atoms with Crippen molar-refractivity contribution in [2.24, 2.45) is 0 Å². The zero-order chi connectivity index (χ0) is 19.6. The van der Waals surface area contributed by atoms with Gasteiger partial charge in [0.05, 0.1) is 5.56 Å². The third-order valence-corrected chi connectivity index (χ3v) is 3.67. The molecule has 138 valence electrons. The van der Waals surface area contributed by atoms with E-state index < -0.39 is 11.9 Å². The van der Waals surface area contributed by atoms with Crippen molar-refractivity contribution < 1.29 is 24.5 Å². The topological polar surface area (TPSA) is 83.8 Å². The predicted octanol–water partition coefficient (Wildman–Crippen LogP) is 4.56. The van der Waals surface area contributed by atoms with Crippen LogP contribution in [-0.2, 0) is 6.42 Å². The predicted molar refractivity (Wildman–Crippen MR) is 102 cm³/mol. The maximum Gasteiger partial charge on any atom is 0.343 e. The zero-order valence-electron chi connectivity index (χ0n) is 14.8. The van der Waals surface area contributed by atoms with E-state index in [0.717, 1.165) is 6.42 Å². The number of phenolic OH excluding ortho intramolecular Hbond substituents is 1. The van der Waals surface area contributed by atoms with Gasteiger partial charge >= 0.3 is 11.9 Å². The van der Waals surface area contributed by atoms with E-state index >= 15 is 0 Å². The maximum atomic E-state index is 11.8. The minimum absolute atomic E-state index is 0.0203. The van der Waals surface area contributed by atoms with Gasteiger partial charge in [-0.1, -0.05) is 49.4 Å². The third-order valence-electron chi connectivity index (χ3n) is 3.67. The molecule has 0 radical (unpaired) electrons. The van der Waals surface area contributed by atoms with E-state index in [1.807, 2.05) is 6.07 Å². The van der Waals surface area contributed by atoms with Crippen LogP contribution in [0.2, 0.25) is 0 Å². The van der Waals surface area contributed by atoms with Gasteiger partial charge in [-0.05, 0) is 48.4 Å². The average Bonchev–Trinajstić information content (AvgIpc) is 2.70. The highest BCUT2D eigenvalue weighted by Gasteiger charge is 2.15. The number of aryl methyl sites for hydroxylation is 1. The van der Waals surface area contributed by atoms with Crippen LogP contribution in [0.1, 0.15) is 33.2 Å². The number of phenols is 1. The molecule has 27 heavy (non-hydrogen) atoms. The number of aromatic carboxylic acids is 1. The molecule has 0 spiro atoms. The first-order chi connectivity index (χ1) is 13.0. The van der Waals surface area contributed by atoms with Crippen LogP contribution in [0.5, 0.6) is 11.5 Å². The lowest BCUT2D eigenvalue weighted by Gasteiger charge is -2.07. The first-order valence-corrected chi connectivity index (χ1v) is 8.38. The highest BCUT2D eigenvalue weighted by Crippen LogP contribution is 2.20. The fourth-order valence-corrected chi connectivity index (χ4v) is 2.20. The lowest BCUT2D eigenvalue weighted by atomic mass is 10.2. The van der Waals surface area contributed by atoms with E-state index in [1.165, 1.54) is 42.0 Å².